The van der Waals surface area contributed by atoms with Gasteiger partial charge in [-0.3, -0.25) is 23.9 Å². The van der Waals surface area contributed by atoms with E-state index in [9.17, 15) is 24.6 Å². The molecule has 1 unspecified atom stereocenters. The minimum absolute atomic E-state index is 0.227. The number of amides is 1. The summed E-state index contributed by atoms with van der Waals surface area (Å²) < 4.78 is 7.20. The number of aliphatic hydroxyl groups is 2. The highest BCUT2D eigenvalue weighted by Crippen LogP contribution is 2.40. The first kappa shape index (κ1) is 22.5. The molecule has 4 atom stereocenters. The number of carbonyl (C=O) groups is 3. The van der Waals surface area contributed by atoms with Crippen molar-refractivity contribution in [1.82, 2.24) is 19.5 Å². The van der Waals surface area contributed by atoms with Crippen LogP contribution in [0.15, 0.2) is 12.7 Å². The second-order valence-corrected chi connectivity index (χ2v) is 7.40. The molecule has 1 aliphatic heterocycles. The van der Waals surface area contributed by atoms with Crippen LogP contribution in [0.25, 0.3) is 11.2 Å². The molecule has 0 bridgehead atoms. The van der Waals surface area contributed by atoms with Gasteiger partial charge in [-0.1, -0.05) is 0 Å². The van der Waals surface area contributed by atoms with Gasteiger partial charge >= 0.3 is 0 Å². The van der Waals surface area contributed by atoms with Crippen molar-refractivity contribution in [3.63, 3.8) is 0 Å². The van der Waals surface area contributed by atoms with E-state index < -0.39 is 35.6 Å². The maximum Gasteiger partial charge on any atom is 0.225 e. The molecule has 164 valence electrons. The quantitative estimate of drug-likeness (QED) is 0.569. The lowest BCUT2D eigenvalue weighted by molar-refractivity contribution is -0.158. The van der Waals surface area contributed by atoms with Crippen molar-refractivity contribution in [2.24, 2.45) is 0 Å². The van der Waals surface area contributed by atoms with Crippen LogP contribution in [0.4, 0.5) is 5.82 Å². The molecular weight excluding hydrogens is 406 g/mol. The fourth-order valence-corrected chi connectivity index (χ4v) is 3.61. The first-order chi connectivity index (χ1) is 14.6. The third-order valence-electron chi connectivity index (χ3n) is 5.34. The molecule has 3 rings (SSSR count). The molecule has 1 aliphatic rings. The Kier molecular flexibility index (Phi) is 6.17. The number of anilines is 1. The Labute approximate surface area is 178 Å². The fourth-order valence-electron chi connectivity index (χ4n) is 3.61. The summed E-state index contributed by atoms with van der Waals surface area (Å²) in [5.41, 5.74) is -1.49. The molecule has 1 amide bonds. The van der Waals surface area contributed by atoms with Gasteiger partial charge in [-0.25, -0.2) is 15.0 Å². The monoisotopic (exact) mass is 429 g/mol. The number of hydrogen-bond acceptors (Lipinski definition) is 9. The molecule has 1 saturated heterocycles. The molecule has 11 nitrogen and oxygen atoms in total. The molecule has 0 spiro atoms. The minimum atomic E-state index is -2.07. The minimum Gasteiger partial charge on any atom is -0.382 e. The molecule has 0 saturated carbocycles. The SMILES string of the molecule is C#CCCN(C(C)=O)c1ncnc2c1ncn2[C@H]1C[C@@](O)(C(C)=O)[C@@H](C(O)C(C)=O)O1. The molecule has 11 heteroatoms. The highest BCUT2D eigenvalue weighted by atomic mass is 16.6. The number of ketones is 2. The summed E-state index contributed by atoms with van der Waals surface area (Å²) in [5, 5.41) is 21.1. The van der Waals surface area contributed by atoms with Crippen LogP contribution in [0.3, 0.4) is 0 Å². The number of nitrogens with zero attached hydrogens (tertiary/aromatic N) is 5. The lowest BCUT2D eigenvalue weighted by atomic mass is 9.86. The molecule has 0 radical (unpaired) electrons. The normalized spacial score (nSPS) is 24.0. The van der Waals surface area contributed by atoms with Crippen LogP contribution in [-0.2, 0) is 19.1 Å². The van der Waals surface area contributed by atoms with Gasteiger partial charge in [-0.2, -0.15) is 0 Å². The van der Waals surface area contributed by atoms with Crippen LogP contribution in [0.1, 0.15) is 39.8 Å². The number of aliphatic hydroxyl groups excluding tert-OH is 1. The predicted molar refractivity (Wildman–Crippen MR) is 108 cm³/mol. The Balaban J connectivity index is 2.03. The third kappa shape index (κ3) is 3.93. The second kappa shape index (κ2) is 8.50. The summed E-state index contributed by atoms with van der Waals surface area (Å²) in [6.45, 7) is 3.92. The average Bonchev–Trinajstić information content (AvgIpc) is 3.29. The van der Waals surface area contributed by atoms with Gasteiger partial charge in [0.25, 0.3) is 0 Å². The standard InChI is InChI=1S/C20H23N5O6/c1-5-6-7-24(13(4)28)18-15-19(22-9-21-18)25(10-23-15)14-8-20(30,12(3)27)17(31-14)16(29)11(2)26/h1,9-10,14,16-17,29-30H,6-8H2,2-4H3/t14-,16?,17-,20-/m1/s1. The number of rotatable bonds is 7. The Hall–Kier alpha value is -3.20. The van der Waals surface area contributed by atoms with Crippen molar-refractivity contribution in [2.45, 2.75) is 57.6 Å². The molecule has 3 heterocycles. The molecule has 1 fully saturated rings. The molecule has 31 heavy (non-hydrogen) atoms. The smallest absolute Gasteiger partial charge is 0.225 e. The Bertz CT molecular complexity index is 1080. The van der Waals surface area contributed by atoms with E-state index in [0.717, 1.165) is 13.8 Å². The van der Waals surface area contributed by atoms with Crippen LogP contribution in [0.2, 0.25) is 0 Å². The lowest BCUT2D eigenvalue weighted by Gasteiger charge is -2.27. The van der Waals surface area contributed by atoms with Gasteiger partial charge < -0.3 is 14.9 Å². The van der Waals surface area contributed by atoms with E-state index >= 15 is 0 Å². The molecule has 2 aromatic rings. The first-order valence-electron chi connectivity index (χ1n) is 9.58. The van der Waals surface area contributed by atoms with Crippen LogP contribution in [0, 0.1) is 12.3 Å². The zero-order chi connectivity index (χ0) is 22.9. The van der Waals surface area contributed by atoms with Crippen molar-refractivity contribution in [3.05, 3.63) is 12.7 Å². The number of ether oxygens (including phenoxy) is 1. The zero-order valence-electron chi connectivity index (χ0n) is 17.3. The predicted octanol–water partition coefficient (Wildman–Crippen LogP) is -0.240. The van der Waals surface area contributed by atoms with Gasteiger partial charge in [0.05, 0.1) is 6.33 Å². The van der Waals surface area contributed by atoms with E-state index in [4.69, 9.17) is 11.2 Å². The van der Waals surface area contributed by atoms with Gasteiger partial charge in [-0.05, 0) is 13.8 Å². The van der Waals surface area contributed by atoms with Crippen molar-refractivity contribution in [2.75, 3.05) is 11.4 Å². The number of carbonyl (C=O) groups excluding carboxylic acids is 3. The lowest BCUT2D eigenvalue weighted by Crippen LogP contribution is -2.52. The molecule has 0 aromatic carbocycles. The summed E-state index contributed by atoms with van der Waals surface area (Å²) in [4.78, 5) is 50.0. The highest BCUT2D eigenvalue weighted by Gasteiger charge is 2.55. The maximum atomic E-state index is 12.1. The topological polar surface area (TPSA) is 148 Å². The van der Waals surface area contributed by atoms with Gasteiger partial charge in [0, 0.05) is 26.3 Å². The summed E-state index contributed by atoms with van der Waals surface area (Å²) in [7, 11) is 0. The van der Waals surface area contributed by atoms with Crippen molar-refractivity contribution in [3.8, 4) is 12.3 Å². The number of aromatic nitrogens is 4. The van der Waals surface area contributed by atoms with Gasteiger partial charge in [0.1, 0.15) is 24.8 Å². The summed E-state index contributed by atoms with van der Waals surface area (Å²) in [5.74, 6) is 1.16. The zero-order valence-corrected chi connectivity index (χ0v) is 17.3. The number of Topliss-reactive ketones (excluding diaryl/α,β-unsaturated/α-hetero) is 2. The number of hydrogen-bond donors (Lipinski definition) is 2. The van der Waals surface area contributed by atoms with E-state index in [1.165, 1.54) is 29.0 Å². The fraction of sp³-hybridized carbons (Fsp3) is 0.500. The number of imidazole rings is 1. The first-order valence-corrected chi connectivity index (χ1v) is 9.58. The van der Waals surface area contributed by atoms with Crippen LogP contribution >= 0.6 is 0 Å². The van der Waals surface area contributed by atoms with Crippen LogP contribution < -0.4 is 4.90 Å². The van der Waals surface area contributed by atoms with Gasteiger partial charge in [0.15, 0.2) is 34.1 Å². The molecule has 2 aromatic heterocycles. The van der Waals surface area contributed by atoms with E-state index in [-0.39, 0.29) is 30.3 Å². The maximum absolute atomic E-state index is 12.1. The summed E-state index contributed by atoms with van der Waals surface area (Å²) in [6, 6.07) is 0. The molecular formula is C20H23N5O6. The van der Waals surface area contributed by atoms with Crippen LogP contribution in [-0.4, -0.2) is 71.6 Å². The van der Waals surface area contributed by atoms with Crippen molar-refractivity contribution in [1.29, 1.82) is 0 Å². The number of fused-ring (bicyclic) bond motifs is 1. The molecule has 2 N–H and O–H groups in total. The second-order valence-electron chi connectivity index (χ2n) is 7.40. The Morgan fingerprint density at radius 3 is 2.65 bits per heavy atom. The third-order valence-corrected chi connectivity index (χ3v) is 5.34. The molecule has 0 aliphatic carbocycles. The van der Waals surface area contributed by atoms with E-state index in [2.05, 4.69) is 20.9 Å². The van der Waals surface area contributed by atoms with Crippen molar-refractivity contribution < 1.29 is 29.3 Å². The van der Waals surface area contributed by atoms with E-state index in [1.807, 2.05) is 0 Å². The Morgan fingerprint density at radius 1 is 1.35 bits per heavy atom. The van der Waals surface area contributed by atoms with Gasteiger partial charge in [0.2, 0.25) is 5.91 Å². The van der Waals surface area contributed by atoms with Gasteiger partial charge in [-0.15, -0.1) is 12.3 Å². The van der Waals surface area contributed by atoms with E-state index in [0.29, 0.717) is 11.9 Å². The Morgan fingerprint density at radius 2 is 2.06 bits per heavy atom. The largest absolute Gasteiger partial charge is 0.382 e. The summed E-state index contributed by atoms with van der Waals surface area (Å²) in [6.07, 6.45) is 3.93. The summed E-state index contributed by atoms with van der Waals surface area (Å²) >= 11 is 0. The average molecular weight is 429 g/mol. The number of terminal acetylenes is 1. The van der Waals surface area contributed by atoms with Crippen LogP contribution in [0.5, 0.6) is 0 Å². The van der Waals surface area contributed by atoms with E-state index in [1.54, 1.807) is 0 Å². The highest BCUT2D eigenvalue weighted by molar-refractivity contribution is 5.97. The van der Waals surface area contributed by atoms with Crippen molar-refractivity contribution >= 4 is 34.5 Å².